The van der Waals surface area contributed by atoms with Crippen molar-refractivity contribution in [2.45, 2.75) is 250 Å². The Morgan fingerprint density at radius 3 is 1.87 bits per heavy atom. The molecule has 9 rings (SSSR count). The van der Waals surface area contributed by atoms with Crippen molar-refractivity contribution in [1.82, 2.24) is 0 Å². The van der Waals surface area contributed by atoms with Crippen molar-refractivity contribution < 1.29 is 127 Å². The molecule has 29 atom stereocenters. The van der Waals surface area contributed by atoms with Gasteiger partial charge in [0.1, 0.15) is 61.0 Å². The van der Waals surface area contributed by atoms with Gasteiger partial charge in [0.2, 0.25) is 0 Å². The molecule has 0 aromatic heterocycles. The Morgan fingerprint density at radius 1 is 0.595 bits per heavy atom. The van der Waals surface area contributed by atoms with Crippen LogP contribution in [0.1, 0.15) is 121 Å². The van der Waals surface area contributed by atoms with Crippen LogP contribution in [-0.4, -0.2) is 235 Å². The minimum absolute atomic E-state index is 0.0732. The standard InChI is InChI=1S/C58H90O26/c1-24(61)76-31-22-75-51(45(78-26(3)63)42(31)77-25(2)62)81-41-29(64)21-74-49(40(41)70)84-47-46(71)53(4,5)19-28-27-11-12-33-55(7)15-14-34(56(8,23-60)32(55)13-16-58(33,10)57(27,9)18-17-54(28,47)6)80-52-44(38(68)37(67)43(82-52)48(72)73)83-50-39(69)36(66)35(65)30(20-59)79-50/h11,28-47,49-52,59-60,64-71H,12-23H2,1-10H3,(H,72,73). The van der Waals surface area contributed by atoms with E-state index in [0.717, 1.165) is 27.2 Å². The molecule has 26 nitrogen and oxygen atoms in total. The van der Waals surface area contributed by atoms with Crippen molar-refractivity contribution in [3.8, 4) is 0 Å². The van der Waals surface area contributed by atoms with Gasteiger partial charge in [0.15, 0.2) is 49.6 Å². The van der Waals surface area contributed by atoms with Crippen molar-refractivity contribution in [3.05, 3.63) is 11.6 Å². The van der Waals surface area contributed by atoms with Crippen LogP contribution in [0.25, 0.3) is 0 Å². The van der Waals surface area contributed by atoms with Crippen LogP contribution in [0.15, 0.2) is 11.6 Å². The van der Waals surface area contributed by atoms with E-state index < -0.39 is 181 Å². The highest BCUT2D eigenvalue weighted by molar-refractivity contribution is 5.73. The van der Waals surface area contributed by atoms with Gasteiger partial charge in [-0.05, 0) is 90.8 Å². The molecule has 29 unspecified atom stereocenters. The lowest BCUT2D eigenvalue weighted by molar-refractivity contribution is -0.375. The Kier molecular flexibility index (Phi) is 18.7. The van der Waals surface area contributed by atoms with Crippen molar-refractivity contribution in [1.29, 1.82) is 0 Å². The molecule has 0 bridgehead atoms. The fourth-order valence-corrected chi connectivity index (χ4v) is 17.1. The Balaban J connectivity index is 0.950. The number of rotatable bonds is 14. The first-order valence-electron chi connectivity index (χ1n) is 29.5. The first-order chi connectivity index (χ1) is 39.2. The van der Waals surface area contributed by atoms with Crippen LogP contribution in [-0.2, 0) is 71.3 Å². The zero-order chi connectivity index (χ0) is 61.7. The molecule has 8 fully saturated rings. The molecular weight excluding hydrogens is 1110 g/mol. The molecule has 0 aromatic carbocycles. The van der Waals surface area contributed by atoms with E-state index in [2.05, 4.69) is 33.8 Å². The van der Waals surface area contributed by atoms with Crippen LogP contribution >= 0.6 is 0 Å². The van der Waals surface area contributed by atoms with Crippen molar-refractivity contribution in [3.63, 3.8) is 0 Å². The maximum absolute atomic E-state index is 12.4. The SMILES string of the molecule is CC(=O)OC1COC(OC2C(O)COC(OC3C(O)C(C)(C)CC4C5=CCC6C7(C)CCC(OC8OC(C(=O)O)C(O)C(O)C8OC8OC(CO)C(O)C(O)C8O)C(C)(CO)C7CCC6(C)C5(C)CCC43C)C2O)C(OC(C)=O)C1OC(C)=O. The molecule has 0 amide bonds. The number of hydrogen-bond donors (Lipinski definition) is 11. The molecule has 9 aliphatic rings. The fraction of sp³-hybridized carbons (Fsp3) is 0.897. The molecular formula is C58H90O26. The van der Waals surface area contributed by atoms with E-state index in [9.17, 15) is 75.3 Å². The van der Waals surface area contributed by atoms with E-state index in [0.29, 0.717) is 44.9 Å². The summed E-state index contributed by atoms with van der Waals surface area (Å²) in [7, 11) is 0. The number of fused-ring (bicyclic) bond motifs is 7. The van der Waals surface area contributed by atoms with Gasteiger partial charge in [0, 0.05) is 31.6 Å². The molecule has 11 N–H and O–H groups in total. The number of aliphatic carboxylic acids is 1. The van der Waals surface area contributed by atoms with Gasteiger partial charge in [-0.1, -0.05) is 60.1 Å². The average molecular weight is 1200 g/mol. The second kappa shape index (κ2) is 24.0. The highest BCUT2D eigenvalue weighted by atomic mass is 16.8. The van der Waals surface area contributed by atoms with E-state index in [4.69, 9.17) is 52.1 Å². The summed E-state index contributed by atoms with van der Waals surface area (Å²) < 4.78 is 65.3. The average Bonchev–Trinajstić information content (AvgIpc) is 0.729. The summed E-state index contributed by atoms with van der Waals surface area (Å²) in [5.74, 6) is -4.17. The van der Waals surface area contributed by atoms with Crippen LogP contribution in [0.3, 0.4) is 0 Å². The van der Waals surface area contributed by atoms with Gasteiger partial charge in [-0.3, -0.25) is 14.4 Å². The number of carboxylic acids is 1. The van der Waals surface area contributed by atoms with E-state index in [1.54, 1.807) is 0 Å². The van der Waals surface area contributed by atoms with Crippen molar-refractivity contribution >= 4 is 23.9 Å². The zero-order valence-electron chi connectivity index (χ0n) is 49.5. The number of ether oxygens (including phenoxy) is 11. The lowest BCUT2D eigenvalue weighted by Crippen LogP contribution is -2.69. The highest BCUT2D eigenvalue weighted by Gasteiger charge is 2.71. The number of carbonyl (C=O) groups is 4. The molecule has 4 aliphatic heterocycles. The number of aliphatic hydroxyl groups excluding tert-OH is 10. The maximum atomic E-state index is 12.4. The molecule has 0 radical (unpaired) electrons. The number of allylic oxidation sites excluding steroid dienone is 2. The quantitative estimate of drug-likeness (QED) is 0.0450. The Labute approximate surface area is 487 Å². The minimum atomic E-state index is -2.05. The number of hydrogen-bond acceptors (Lipinski definition) is 25. The first-order valence-corrected chi connectivity index (χ1v) is 29.5. The van der Waals surface area contributed by atoms with E-state index in [-0.39, 0.29) is 48.4 Å². The number of carboxylic acid groups (broad SMARTS) is 1. The molecule has 5 aliphatic carbocycles. The fourth-order valence-electron chi connectivity index (χ4n) is 17.1. The molecule has 4 heterocycles. The van der Waals surface area contributed by atoms with Gasteiger partial charge in [0.25, 0.3) is 0 Å². The zero-order valence-corrected chi connectivity index (χ0v) is 49.5. The Hall–Kier alpha value is -3.10. The van der Waals surface area contributed by atoms with Crippen LogP contribution in [0.2, 0.25) is 0 Å². The van der Waals surface area contributed by atoms with Crippen LogP contribution < -0.4 is 0 Å². The first kappa shape index (κ1) is 65.3. The van der Waals surface area contributed by atoms with Gasteiger partial charge >= 0.3 is 23.9 Å². The summed E-state index contributed by atoms with van der Waals surface area (Å²) >= 11 is 0. The third kappa shape index (κ3) is 11.1. The second-order valence-corrected chi connectivity index (χ2v) is 27.3. The van der Waals surface area contributed by atoms with E-state index in [1.807, 2.05) is 20.8 Å². The molecule has 478 valence electrons. The summed E-state index contributed by atoms with van der Waals surface area (Å²) in [6.45, 7) is 16.4. The summed E-state index contributed by atoms with van der Waals surface area (Å²) in [5.41, 5.74) is -2.31. The molecule has 4 saturated carbocycles. The molecule has 26 heteroatoms. The van der Waals surface area contributed by atoms with Crippen molar-refractivity contribution in [2.24, 2.45) is 50.2 Å². The Bertz CT molecular complexity index is 2440. The lowest BCUT2D eigenvalue weighted by atomic mass is 9.33. The van der Waals surface area contributed by atoms with Crippen LogP contribution in [0.4, 0.5) is 0 Å². The normalized spacial score (nSPS) is 50.9. The monoisotopic (exact) mass is 1200 g/mol. The molecule has 0 aromatic rings. The third-order valence-corrected chi connectivity index (χ3v) is 21.9. The van der Waals surface area contributed by atoms with Gasteiger partial charge < -0.3 is 108 Å². The van der Waals surface area contributed by atoms with Crippen molar-refractivity contribution in [2.75, 3.05) is 26.4 Å². The largest absolute Gasteiger partial charge is 0.479 e. The predicted molar refractivity (Wildman–Crippen MR) is 283 cm³/mol. The molecule has 4 saturated heterocycles. The maximum Gasteiger partial charge on any atom is 0.335 e. The number of esters is 3. The molecule has 84 heavy (non-hydrogen) atoms. The smallest absolute Gasteiger partial charge is 0.335 e. The van der Waals surface area contributed by atoms with Gasteiger partial charge in [-0.2, -0.15) is 0 Å². The number of carbonyl (C=O) groups excluding carboxylic acids is 3. The van der Waals surface area contributed by atoms with Crippen LogP contribution in [0.5, 0.6) is 0 Å². The third-order valence-electron chi connectivity index (χ3n) is 21.9. The van der Waals surface area contributed by atoms with E-state index in [1.165, 1.54) is 5.57 Å². The summed E-state index contributed by atoms with van der Waals surface area (Å²) in [5, 5.41) is 122. The summed E-state index contributed by atoms with van der Waals surface area (Å²) in [6.07, 6.45) is -25.6. The minimum Gasteiger partial charge on any atom is -0.479 e. The van der Waals surface area contributed by atoms with Gasteiger partial charge in [-0.15, -0.1) is 0 Å². The Morgan fingerprint density at radius 2 is 1.24 bits per heavy atom. The predicted octanol–water partition coefficient (Wildman–Crippen LogP) is -0.537. The topological polar surface area (TPSA) is 392 Å². The number of aliphatic hydroxyl groups is 10. The van der Waals surface area contributed by atoms with Gasteiger partial charge in [0.05, 0.1) is 44.7 Å². The summed E-state index contributed by atoms with van der Waals surface area (Å²) in [4.78, 5) is 49.1. The van der Waals surface area contributed by atoms with Crippen LogP contribution in [0, 0.1) is 50.2 Å². The summed E-state index contributed by atoms with van der Waals surface area (Å²) in [6, 6.07) is 0. The van der Waals surface area contributed by atoms with E-state index >= 15 is 0 Å². The lowest BCUT2D eigenvalue weighted by Gasteiger charge is -2.72. The second-order valence-electron chi connectivity index (χ2n) is 27.3. The highest BCUT2D eigenvalue weighted by Crippen LogP contribution is 2.76. The molecule has 0 spiro atoms. The van der Waals surface area contributed by atoms with Gasteiger partial charge in [-0.25, -0.2) is 4.79 Å².